The molecule has 1 heterocycles. The molecule has 0 amide bonds. The summed E-state index contributed by atoms with van der Waals surface area (Å²) in [7, 11) is 0. The zero-order valence-corrected chi connectivity index (χ0v) is 4.97. The van der Waals surface area contributed by atoms with Gasteiger partial charge in [-0.25, -0.2) is 0 Å². The minimum atomic E-state index is 0.392. The van der Waals surface area contributed by atoms with Gasteiger partial charge in [0, 0.05) is 0 Å². The van der Waals surface area contributed by atoms with Crippen LogP contribution in [0.4, 0.5) is 0 Å². The molecule has 0 N–H and O–H groups in total. The van der Waals surface area contributed by atoms with Crippen LogP contribution in [0.25, 0.3) is 0 Å². The molecule has 0 saturated carbocycles. The standard InChI is InChI=1S/CH2N4S2/c6-1-2-3-4-5(1)7/h7H,(H,2,4,6). The van der Waals surface area contributed by atoms with E-state index in [0.717, 1.165) is 0 Å². The monoisotopic (exact) mass is 134 g/mol. The fourth-order valence-electron chi connectivity index (χ4n) is 0.178. The lowest BCUT2D eigenvalue weighted by molar-refractivity contribution is 0.851. The van der Waals surface area contributed by atoms with E-state index in [0.29, 0.717) is 5.16 Å². The third-order valence-electron chi connectivity index (χ3n) is 0.438. The lowest BCUT2D eigenvalue weighted by Crippen LogP contribution is -1.81. The highest BCUT2D eigenvalue weighted by atomic mass is 32.1. The van der Waals surface area contributed by atoms with Crippen molar-refractivity contribution < 1.29 is 0 Å². The van der Waals surface area contributed by atoms with E-state index in [-0.39, 0.29) is 0 Å². The zero-order chi connectivity index (χ0) is 5.28. The Bertz CT molecular complexity index is 142. The summed E-state index contributed by atoms with van der Waals surface area (Å²) >= 11 is 7.55. The van der Waals surface area contributed by atoms with Gasteiger partial charge in [-0.3, -0.25) is 0 Å². The summed E-state index contributed by atoms with van der Waals surface area (Å²) in [6, 6.07) is 0. The van der Waals surface area contributed by atoms with Gasteiger partial charge in [0.1, 0.15) is 0 Å². The second-order valence-corrected chi connectivity index (χ2v) is 1.65. The predicted molar refractivity (Wildman–Crippen MR) is 29.5 cm³/mol. The summed E-state index contributed by atoms with van der Waals surface area (Å²) in [4.78, 5) is 0. The molecule has 0 spiro atoms. The van der Waals surface area contributed by atoms with E-state index in [2.05, 4.69) is 41.0 Å². The van der Waals surface area contributed by atoms with Crippen LogP contribution in [0, 0.1) is 0 Å². The minimum Gasteiger partial charge on any atom is -0.163 e. The smallest absolute Gasteiger partial charge is 0.163 e. The predicted octanol–water partition coefficient (Wildman–Crippen LogP) is -0.345. The summed E-state index contributed by atoms with van der Waals surface area (Å²) in [6.07, 6.45) is 0. The molecule has 0 atom stereocenters. The van der Waals surface area contributed by atoms with Crippen LogP contribution in [-0.2, 0) is 0 Å². The third-order valence-corrected chi connectivity index (χ3v) is 1.14. The largest absolute Gasteiger partial charge is 0.216 e. The Labute approximate surface area is 50.9 Å². The maximum absolute atomic E-state index is 3.80. The van der Waals surface area contributed by atoms with E-state index in [9.17, 15) is 0 Å². The lowest BCUT2D eigenvalue weighted by Gasteiger charge is -1.78. The average molecular weight is 134 g/mol. The average Bonchev–Trinajstić information content (AvgIpc) is 1.91. The van der Waals surface area contributed by atoms with Gasteiger partial charge >= 0.3 is 0 Å². The molecule has 4 nitrogen and oxygen atoms in total. The first-order valence-electron chi connectivity index (χ1n) is 1.47. The van der Waals surface area contributed by atoms with Gasteiger partial charge in [-0.2, -0.15) is 4.09 Å². The first kappa shape index (κ1) is 4.92. The van der Waals surface area contributed by atoms with Crippen molar-refractivity contribution in [2.45, 2.75) is 5.16 Å². The van der Waals surface area contributed by atoms with Crippen LogP contribution in [0.2, 0.25) is 0 Å². The van der Waals surface area contributed by atoms with Crippen molar-refractivity contribution in [2.24, 2.45) is 0 Å². The van der Waals surface area contributed by atoms with Crippen LogP contribution in [-0.4, -0.2) is 19.6 Å². The number of rotatable bonds is 0. The number of hydrogen-bond acceptors (Lipinski definition) is 5. The topological polar surface area (TPSA) is 43.6 Å². The summed E-state index contributed by atoms with van der Waals surface area (Å²) in [5.41, 5.74) is 0. The molecular formula is CH2N4S2. The third kappa shape index (κ3) is 0.859. The van der Waals surface area contributed by atoms with Crippen LogP contribution < -0.4 is 0 Å². The molecule has 0 fully saturated rings. The Hall–Kier alpha value is -0.230. The molecular weight excluding hydrogens is 132 g/mol. The number of nitrogens with zero attached hydrogens (tertiary/aromatic N) is 4. The summed E-state index contributed by atoms with van der Waals surface area (Å²) in [5, 5.41) is 10.4. The SMILES string of the molecule is Sc1nnnn1S. The fourth-order valence-corrected chi connectivity index (χ4v) is 0.334. The second kappa shape index (κ2) is 1.71. The van der Waals surface area contributed by atoms with Gasteiger partial charge in [0.25, 0.3) is 0 Å². The molecule has 0 radical (unpaired) electrons. The van der Waals surface area contributed by atoms with E-state index in [1.165, 1.54) is 4.09 Å². The van der Waals surface area contributed by atoms with E-state index in [1.54, 1.807) is 0 Å². The van der Waals surface area contributed by atoms with Gasteiger partial charge in [-0.15, -0.1) is 17.7 Å². The van der Waals surface area contributed by atoms with Crippen molar-refractivity contribution in [2.75, 3.05) is 0 Å². The summed E-state index contributed by atoms with van der Waals surface area (Å²) < 4.78 is 1.17. The molecule has 0 unspecified atom stereocenters. The highest BCUT2D eigenvalue weighted by Crippen LogP contribution is 1.95. The number of hydrogen-bond donors (Lipinski definition) is 2. The Morgan fingerprint density at radius 3 is 2.43 bits per heavy atom. The molecule has 0 aliphatic carbocycles. The van der Waals surface area contributed by atoms with Gasteiger partial charge in [0.2, 0.25) is 5.16 Å². The van der Waals surface area contributed by atoms with E-state index >= 15 is 0 Å². The Morgan fingerprint density at radius 2 is 2.29 bits per heavy atom. The van der Waals surface area contributed by atoms with Crippen molar-refractivity contribution in [1.82, 2.24) is 19.6 Å². The van der Waals surface area contributed by atoms with Gasteiger partial charge in [-0.05, 0) is 23.2 Å². The molecule has 0 bridgehead atoms. The molecule has 1 rings (SSSR count). The van der Waals surface area contributed by atoms with Crippen molar-refractivity contribution >= 4 is 25.4 Å². The van der Waals surface area contributed by atoms with Crippen LogP contribution in [0.5, 0.6) is 0 Å². The minimum absolute atomic E-state index is 0.392. The first-order valence-corrected chi connectivity index (χ1v) is 2.32. The summed E-state index contributed by atoms with van der Waals surface area (Å²) in [5.74, 6) is 0. The number of aromatic nitrogens is 4. The molecule has 0 aliphatic rings. The van der Waals surface area contributed by atoms with E-state index in [4.69, 9.17) is 0 Å². The molecule has 0 aromatic carbocycles. The van der Waals surface area contributed by atoms with E-state index in [1.807, 2.05) is 0 Å². The number of thiol groups is 2. The van der Waals surface area contributed by atoms with Crippen molar-refractivity contribution in [3.05, 3.63) is 0 Å². The van der Waals surface area contributed by atoms with Crippen molar-refractivity contribution in [3.63, 3.8) is 0 Å². The molecule has 6 heteroatoms. The van der Waals surface area contributed by atoms with Gasteiger partial charge in [0.15, 0.2) is 0 Å². The van der Waals surface area contributed by atoms with Crippen LogP contribution in [0.3, 0.4) is 0 Å². The van der Waals surface area contributed by atoms with Crippen LogP contribution in [0.15, 0.2) is 5.16 Å². The normalized spacial score (nSPS) is 9.43. The Morgan fingerprint density at radius 1 is 1.57 bits per heavy atom. The molecule has 0 saturated heterocycles. The summed E-state index contributed by atoms with van der Waals surface area (Å²) in [6.45, 7) is 0. The molecule has 7 heavy (non-hydrogen) atoms. The highest BCUT2D eigenvalue weighted by molar-refractivity contribution is 7.82. The second-order valence-electron chi connectivity index (χ2n) is 0.868. The zero-order valence-electron chi connectivity index (χ0n) is 3.18. The van der Waals surface area contributed by atoms with Gasteiger partial charge in [0.05, 0.1) is 0 Å². The van der Waals surface area contributed by atoms with E-state index < -0.39 is 0 Å². The Balaban J connectivity index is 3.12. The number of tetrazole rings is 1. The molecule has 38 valence electrons. The highest BCUT2D eigenvalue weighted by Gasteiger charge is 1.90. The molecule has 1 aromatic heterocycles. The molecule has 0 aliphatic heterocycles. The lowest BCUT2D eigenvalue weighted by atomic mass is 11.4. The van der Waals surface area contributed by atoms with Crippen molar-refractivity contribution in [3.8, 4) is 0 Å². The first-order chi connectivity index (χ1) is 3.30. The fraction of sp³-hybridized carbons (Fsp3) is 0. The van der Waals surface area contributed by atoms with Crippen molar-refractivity contribution in [1.29, 1.82) is 0 Å². The van der Waals surface area contributed by atoms with Gasteiger partial charge < -0.3 is 0 Å². The van der Waals surface area contributed by atoms with Gasteiger partial charge in [-0.1, -0.05) is 0 Å². The quantitative estimate of drug-likeness (QED) is 0.477. The van der Waals surface area contributed by atoms with Crippen LogP contribution >= 0.6 is 25.4 Å². The Kier molecular flexibility index (Phi) is 1.20. The maximum atomic E-state index is 3.80. The molecule has 1 aromatic rings. The maximum Gasteiger partial charge on any atom is 0.216 e. The van der Waals surface area contributed by atoms with Crippen LogP contribution in [0.1, 0.15) is 0 Å².